The molecule has 0 spiro atoms. The van der Waals surface area contributed by atoms with Crippen molar-refractivity contribution in [3.05, 3.63) is 0 Å². The van der Waals surface area contributed by atoms with Gasteiger partial charge in [0.15, 0.2) is 0 Å². The van der Waals surface area contributed by atoms with Crippen LogP contribution in [0.15, 0.2) is 0 Å². The van der Waals surface area contributed by atoms with E-state index < -0.39 is 0 Å². The van der Waals surface area contributed by atoms with Gasteiger partial charge in [-0.15, -0.1) is 0 Å². The smallest absolute Gasteiger partial charge is 0.00203 e. The van der Waals surface area contributed by atoms with Crippen LogP contribution in [-0.2, 0) is 0 Å². The van der Waals surface area contributed by atoms with E-state index in [1.54, 1.807) is 12.8 Å². The second-order valence-corrected chi connectivity index (χ2v) is 7.36. The van der Waals surface area contributed by atoms with Gasteiger partial charge in [-0.05, 0) is 80.6 Å². The van der Waals surface area contributed by atoms with Crippen molar-refractivity contribution in [2.75, 3.05) is 6.54 Å². The summed E-state index contributed by atoms with van der Waals surface area (Å²) in [5.74, 6) is 4.22. The maximum atomic E-state index is 6.16. The summed E-state index contributed by atoms with van der Waals surface area (Å²) in [7, 11) is 0. The third-order valence-corrected chi connectivity index (χ3v) is 6.39. The van der Waals surface area contributed by atoms with E-state index in [0.29, 0.717) is 5.41 Å². The molecule has 5 atom stereocenters. The largest absolute Gasteiger partial charge is 0.330 e. The summed E-state index contributed by atoms with van der Waals surface area (Å²) in [6, 6.07) is 0. The minimum Gasteiger partial charge on any atom is -0.330 e. The summed E-state index contributed by atoms with van der Waals surface area (Å²) in [5, 5.41) is 0. The summed E-state index contributed by atoms with van der Waals surface area (Å²) >= 11 is 0. The lowest BCUT2D eigenvalue weighted by Gasteiger charge is -2.34. The van der Waals surface area contributed by atoms with Crippen molar-refractivity contribution in [2.24, 2.45) is 34.8 Å². The van der Waals surface area contributed by atoms with Gasteiger partial charge in [-0.3, -0.25) is 0 Å². The van der Waals surface area contributed by atoms with Gasteiger partial charge in [0.2, 0.25) is 0 Å². The molecular formula is C16H29N. The highest BCUT2D eigenvalue weighted by molar-refractivity contribution is 4.97. The predicted octanol–water partition coefficient (Wildman–Crippen LogP) is 3.97. The first-order valence-corrected chi connectivity index (χ1v) is 7.95. The first-order chi connectivity index (χ1) is 8.24. The van der Waals surface area contributed by atoms with Crippen LogP contribution in [0.5, 0.6) is 0 Å². The molecule has 0 aliphatic heterocycles. The molecule has 1 heteroatoms. The van der Waals surface area contributed by atoms with Gasteiger partial charge in [-0.25, -0.2) is 0 Å². The lowest BCUT2D eigenvalue weighted by Crippen LogP contribution is -2.32. The zero-order chi connectivity index (χ0) is 11.9. The van der Waals surface area contributed by atoms with E-state index in [-0.39, 0.29) is 0 Å². The summed E-state index contributed by atoms with van der Waals surface area (Å²) in [6.07, 6.45) is 13.3. The van der Waals surface area contributed by atoms with E-state index in [0.717, 1.165) is 30.2 Å². The van der Waals surface area contributed by atoms with Crippen LogP contribution in [0.1, 0.15) is 64.7 Å². The predicted molar refractivity (Wildman–Crippen MR) is 72.7 cm³/mol. The van der Waals surface area contributed by atoms with E-state index in [9.17, 15) is 0 Å². The molecule has 2 bridgehead atoms. The minimum atomic E-state index is 0.551. The fourth-order valence-corrected chi connectivity index (χ4v) is 5.31. The second kappa shape index (κ2) is 4.57. The van der Waals surface area contributed by atoms with Crippen LogP contribution in [0.4, 0.5) is 0 Å². The highest BCUT2D eigenvalue weighted by Gasteiger charge is 2.45. The zero-order valence-electron chi connectivity index (χ0n) is 11.5. The number of rotatable bonds is 4. The van der Waals surface area contributed by atoms with Gasteiger partial charge in [-0.2, -0.15) is 0 Å². The third kappa shape index (κ3) is 2.16. The number of hydrogen-bond acceptors (Lipinski definition) is 1. The Morgan fingerprint density at radius 2 is 2.06 bits per heavy atom. The molecule has 0 radical (unpaired) electrons. The maximum Gasteiger partial charge on any atom is -0.00203 e. The van der Waals surface area contributed by atoms with E-state index >= 15 is 0 Å². The van der Waals surface area contributed by atoms with Crippen LogP contribution < -0.4 is 5.73 Å². The number of fused-ring (bicyclic) bond motifs is 2. The molecule has 98 valence electrons. The molecule has 3 aliphatic rings. The summed E-state index contributed by atoms with van der Waals surface area (Å²) in [4.78, 5) is 0. The van der Waals surface area contributed by atoms with Crippen molar-refractivity contribution in [3.8, 4) is 0 Å². The van der Waals surface area contributed by atoms with Gasteiger partial charge in [0, 0.05) is 0 Å². The van der Waals surface area contributed by atoms with Crippen LogP contribution in [0.2, 0.25) is 0 Å². The van der Waals surface area contributed by atoms with Crippen molar-refractivity contribution >= 4 is 0 Å². The normalized spacial score (nSPS) is 49.1. The van der Waals surface area contributed by atoms with Crippen molar-refractivity contribution < 1.29 is 0 Å². The molecule has 0 amide bonds. The van der Waals surface area contributed by atoms with Crippen molar-refractivity contribution in [3.63, 3.8) is 0 Å². The van der Waals surface area contributed by atoms with Crippen molar-refractivity contribution in [1.29, 1.82) is 0 Å². The molecule has 0 aromatic rings. The fourth-order valence-electron chi connectivity index (χ4n) is 5.31. The van der Waals surface area contributed by atoms with Gasteiger partial charge < -0.3 is 5.73 Å². The molecule has 0 aromatic carbocycles. The van der Waals surface area contributed by atoms with E-state index in [1.807, 2.05) is 0 Å². The Kier molecular flexibility index (Phi) is 3.23. The van der Waals surface area contributed by atoms with Crippen LogP contribution >= 0.6 is 0 Å². The van der Waals surface area contributed by atoms with Crippen LogP contribution in [-0.4, -0.2) is 6.54 Å². The molecule has 2 N–H and O–H groups in total. The summed E-state index contributed by atoms with van der Waals surface area (Å²) in [6.45, 7) is 3.31. The van der Waals surface area contributed by atoms with E-state index in [2.05, 4.69) is 6.92 Å². The Balaban J connectivity index is 1.62. The zero-order valence-corrected chi connectivity index (χ0v) is 11.5. The average molecular weight is 235 g/mol. The highest BCUT2D eigenvalue weighted by Crippen LogP contribution is 2.55. The topological polar surface area (TPSA) is 26.0 Å². The molecule has 0 saturated heterocycles. The molecule has 3 rings (SSSR count). The monoisotopic (exact) mass is 235 g/mol. The Morgan fingerprint density at radius 1 is 1.18 bits per heavy atom. The van der Waals surface area contributed by atoms with Gasteiger partial charge in [0.25, 0.3) is 0 Å². The fraction of sp³-hybridized carbons (Fsp3) is 1.00. The molecule has 5 unspecified atom stereocenters. The Morgan fingerprint density at radius 3 is 2.59 bits per heavy atom. The van der Waals surface area contributed by atoms with E-state index in [4.69, 9.17) is 5.73 Å². The molecule has 3 saturated carbocycles. The van der Waals surface area contributed by atoms with Gasteiger partial charge >= 0.3 is 0 Å². The molecule has 17 heavy (non-hydrogen) atoms. The lowest BCUT2D eigenvalue weighted by atomic mass is 9.72. The SMILES string of the molecule is CCC1CCC(CN)(CC2CC3CCC2C3)C1. The maximum absolute atomic E-state index is 6.16. The lowest BCUT2D eigenvalue weighted by molar-refractivity contribution is 0.177. The Bertz CT molecular complexity index is 275. The van der Waals surface area contributed by atoms with Gasteiger partial charge in [-0.1, -0.05) is 19.8 Å². The summed E-state index contributed by atoms with van der Waals surface area (Å²) in [5.41, 5.74) is 6.71. The van der Waals surface area contributed by atoms with E-state index in [1.165, 1.54) is 44.9 Å². The van der Waals surface area contributed by atoms with Gasteiger partial charge in [0.05, 0.1) is 0 Å². The molecule has 3 fully saturated rings. The van der Waals surface area contributed by atoms with Crippen molar-refractivity contribution in [2.45, 2.75) is 64.7 Å². The second-order valence-electron chi connectivity index (χ2n) is 7.36. The number of hydrogen-bond donors (Lipinski definition) is 1. The minimum absolute atomic E-state index is 0.551. The Labute approximate surface area is 107 Å². The third-order valence-electron chi connectivity index (χ3n) is 6.39. The Hall–Kier alpha value is -0.0400. The average Bonchev–Trinajstić information content (AvgIpc) is 3.04. The molecule has 3 aliphatic carbocycles. The first kappa shape index (κ1) is 12.0. The summed E-state index contributed by atoms with van der Waals surface area (Å²) < 4.78 is 0. The van der Waals surface area contributed by atoms with Crippen LogP contribution in [0.25, 0.3) is 0 Å². The van der Waals surface area contributed by atoms with Crippen molar-refractivity contribution in [1.82, 2.24) is 0 Å². The van der Waals surface area contributed by atoms with Gasteiger partial charge in [0.1, 0.15) is 0 Å². The quantitative estimate of drug-likeness (QED) is 0.784. The first-order valence-electron chi connectivity index (χ1n) is 7.95. The standard InChI is InChI=1S/C16H29N/c1-2-12-5-6-16(9-12,11-17)10-15-8-13-3-4-14(15)7-13/h12-15H,2-11,17H2,1H3. The molecule has 1 nitrogen and oxygen atoms in total. The van der Waals surface area contributed by atoms with Crippen LogP contribution in [0, 0.1) is 29.1 Å². The molecule has 0 aromatic heterocycles. The molecular weight excluding hydrogens is 206 g/mol. The number of nitrogens with two attached hydrogens (primary N) is 1. The molecule has 0 heterocycles. The van der Waals surface area contributed by atoms with Crippen LogP contribution in [0.3, 0.4) is 0 Å². The highest BCUT2D eigenvalue weighted by atomic mass is 14.6.